The number of aromatic nitrogens is 4. The first-order chi connectivity index (χ1) is 13.8. The van der Waals surface area contributed by atoms with Gasteiger partial charge in [0.25, 0.3) is 0 Å². The predicted octanol–water partition coefficient (Wildman–Crippen LogP) is 3.34. The van der Waals surface area contributed by atoms with Crippen molar-refractivity contribution in [3.63, 3.8) is 0 Å². The lowest BCUT2D eigenvalue weighted by molar-refractivity contribution is 0.294. The van der Waals surface area contributed by atoms with Crippen molar-refractivity contribution < 1.29 is 9.47 Å². The van der Waals surface area contributed by atoms with E-state index < -0.39 is 0 Å². The van der Waals surface area contributed by atoms with Gasteiger partial charge in [0.1, 0.15) is 0 Å². The van der Waals surface area contributed by atoms with E-state index in [9.17, 15) is 0 Å². The molecule has 1 aromatic heterocycles. The normalized spacial score (nSPS) is 10.8. The quantitative estimate of drug-likeness (QED) is 0.391. The number of hydrogen-bond donors (Lipinski definition) is 1. The summed E-state index contributed by atoms with van der Waals surface area (Å²) in [5, 5.41) is 16.2. The van der Waals surface area contributed by atoms with Crippen LogP contribution in [0.25, 0.3) is 5.69 Å². The number of thioether (sulfide) groups is 1. The highest BCUT2D eigenvalue weighted by molar-refractivity contribution is 7.99. The SMILES string of the molecule is CCCOc1ccc(CNCCSc2nnnn2-c2ccccc2)cc1OC. The van der Waals surface area contributed by atoms with Gasteiger partial charge in [0, 0.05) is 18.8 Å². The predicted molar refractivity (Wildman–Crippen MR) is 110 cm³/mol. The van der Waals surface area contributed by atoms with Crippen LogP contribution < -0.4 is 14.8 Å². The minimum absolute atomic E-state index is 0.688. The van der Waals surface area contributed by atoms with Gasteiger partial charge in [0.2, 0.25) is 5.16 Å². The van der Waals surface area contributed by atoms with E-state index in [2.05, 4.69) is 33.8 Å². The van der Waals surface area contributed by atoms with Gasteiger partial charge in [0.05, 0.1) is 19.4 Å². The van der Waals surface area contributed by atoms with Crippen LogP contribution in [-0.2, 0) is 6.54 Å². The van der Waals surface area contributed by atoms with Gasteiger partial charge in [-0.3, -0.25) is 0 Å². The molecule has 2 aromatic carbocycles. The van der Waals surface area contributed by atoms with E-state index in [0.717, 1.165) is 53.2 Å². The minimum atomic E-state index is 0.688. The molecule has 148 valence electrons. The number of nitrogens with zero attached hydrogens (tertiary/aromatic N) is 4. The van der Waals surface area contributed by atoms with Crippen molar-refractivity contribution in [3.05, 3.63) is 54.1 Å². The molecule has 0 saturated heterocycles. The number of benzene rings is 2. The number of tetrazole rings is 1. The molecule has 1 N–H and O–H groups in total. The Morgan fingerprint density at radius 1 is 1.11 bits per heavy atom. The lowest BCUT2D eigenvalue weighted by Crippen LogP contribution is -2.17. The molecule has 0 aliphatic carbocycles. The molecule has 0 radical (unpaired) electrons. The van der Waals surface area contributed by atoms with Crippen LogP contribution in [0, 0.1) is 0 Å². The molecule has 7 nitrogen and oxygen atoms in total. The van der Waals surface area contributed by atoms with E-state index in [4.69, 9.17) is 9.47 Å². The van der Waals surface area contributed by atoms with Gasteiger partial charge in [-0.05, 0) is 46.7 Å². The van der Waals surface area contributed by atoms with Crippen LogP contribution in [-0.4, -0.2) is 46.2 Å². The average molecular weight is 400 g/mol. The molecular formula is C20H25N5O2S. The molecular weight excluding hydrogens is 374 g/mol. The van der Waals surface area contributed by atoms with Crippen molar-refractivity contribution in [2.24, 2.45) is 0 Å². The molecule has 0 aliphatic heterocycles. The number of rotatable bonds is 11. The molecule has 0 bridgehead atoms. The summed E-state index contributed by atoms with van der Waals surface area (Å²) in [7, 11) is 1.67. The first-order valence-electron chi connectivity index (χ1n) is 9.29. The summed E-state index contributed by atoms with van der Waals surface area (Å²) < 4.78 is 12.9. The van der Waals surface area contributed by atoms with Crippen molar-refractivity contribution in [2.45, 2.75) is 25.0 Å². The second kappa shape index (κ2) is 10.7. The second-order valence-electron chi connectivity index (χ2n) is 6.07. The minimum Gasteiger partial charge on any atom is -0.493 e. The third-order valence-electron chi connectivity index (χ3n) is 3.97. The van der Waals surface area contributed by atoms with Crippen LogP contribution >= 0.6 is 11.8 Å². The Labute approximate surface area is 169 Å². The highest BCUT2D eigenvalue weighted by Crippen LogP contribution is 2.28. The monoisotopic (exact) mass is 399 g/mol. The van der Waals surface area contributed by atoms with Crippen molar-refractivity contribution in [3.8, 4) is 17.2 Å². The van der Waals surface area contributed by atoms with Crippen LogP contribution in [0.4, 0.5) is 0 Å². The van der Waals surface area contributed by atoms with Crippen LogP contribution in [0.3, 0.4) is 0 Å². The Morgan fingerprint density at radius 3 is 2.75 bits per heavy atom. The van der Waals surface area contributed by atoms with Crippen LogP contribution in [0.15, 0.2) is 53.7 Å². The smallest absolute Gasteiger partial charge is 0.214 e. The maximum atomic E-state index is 5.69. The molecule has 0 aliphatic rings. The van der Waals surface area contributed by atoms with E-state index in [1.807, 2.05) is 42.5 Å². The lowest BCUT2D eigenvalue weighted by atomic mass is 10.2. The average Bonchev–Trinajstić information content (AvgIpc) is 3.21. The number of hydrogen-bond acceptors (Lipinski definition) is 7. The van der Waals surface area contributed by atoms with Crippen molar-refractivity contribution in [1.82, 2.24) is 25.5 Å². The van der Waals surface area contributed by atoms with E-state index >= 15 is 0 Å². The number of ether oxygens (including phenoxy) is 2. The van der Waals surface area contributed by atoms with Gasteiger partial charge in [-0.1, -0.05) is 43.0 Å². The highest BCUT2D eigenvalue weighted by atomic mass is 32.2. The first kappa shape index (κ1) is 20.2. The summed E-state index contributed by atoms with van der Waals surface area (Å²) in [6.45, 7) is 4.37. The first-order valence-corrected chi connectivity index (χ1v) is 10.3. The molecule has 3 rings (SSSR count). The topological polar surface area (TPSA) is 74.1 Å². The van der Waals surface area contributed by atoms with Gasteiger partial charge < -0.3 is 14.8 Å². The Bertz CT molecular complexity index is 857. The Hall–Kier alpha value is -2.58. The number of methoxy groups -OCH3 is 1. The molecule has 8 heteroatoms. The molecule has 0 spiro atoms. The zero-order valence-electron chi connectivity index (χ0n) is 16.2. The third kappa shape index (κ3) is 5.46. The van der Waals surface area contributed by atoms with E-state index in [1.54, 1.807) is 23.6 Å². The van der Waals surface area contributed by atoms with E-state index in [1.165, 1.54) is 0 Å². The van der Waals surface area contributed by atoms with Gasteiger partial charge in [-0.15, -0.1) is 5.10 Å². The summed E-state index contributed by atoms with van der Waals surface area (Å²) in [6, 6.07) is 15.9. The van der Waals surface area contributed by atoms with E-state index in [0.29, 0.717) is 6.61 Å². The van der Waals surface area contributed by atoms with Crippen molar-refractivity contribution >= 4 is 11.8 Å². The van der Waals surface area contributed by atoms with Crippen molar-refractivity contribution in [2.75, 3.05) is 26.0 Å². The Balaban J connectivity index is 1.46. The fourth-order valence-electron chi connectivity index (χ4n) is 2.60. The second-order valence-corrected chi connectivity index (χ2v) is 7.13. The summed E-state index contributed by atoms with van der Waals surface area (Å²) in [5.41, 5.74) is 2.11. The standard InChI is InChI=1S/C20H25N5O2S/c1-3-12-27-18-10-9-16(14-19(18)26-2)15-21-11-13-28-20-22-23-24-25(20)17-7-5-4-6-8-17/h4-10,14,21H,3,11-13,15H2,1-2H3. The molecule has 0 atom stereocenters. The van der Waals surface area contributed by atoms with Gasteiger partial charge in [0.15, 0.2) is 11.5 Å². The van der Waals surface area contributed by atoms with E-state index in [-0.39, 0.29) is 0 Å². The van der Waals surface area contributed by atoms with Gasteiger partial charge in [-0.25, -0.2) is 0 Å². The van der Waals surface area contributed by atoms with Crippen LogP contribution in [0.2, 0.25) is 0 Å². The Kier molecular flexibility index (Phi) is 7.69. The molecule has 0 saturated carbocycles. The molecule has 0 fully saturated rings. The maximum absolute atomic E-state index is 5.69. The van der Waals surface area contributed by atoms with Crippen LogP contribution in [0.1, 0.15) is 18.9 Å². The molecule has 28 heavy (non-hydrogen) atoms. The number of nitrogens with one attached hydrogen (secondary N) is 1. The fraction of sp³-hybridized carbons (Fsp3) is 0.350. The molecule has 3 aromatic rings. The zero-order valence-corrected chi connectivity index (χ0v) is 17.0. The molecule has 0 amide bonds. The largest absolute Gasteiger partial charge is 0.493 e. The molecule has 1 heterocycles. The van der Waals surface area contributed by atoms with Crippen LogP contribution in [0.5, 0.6) is 11.5 Å². The van der Waals surface area contributed by atoms with Gasteiger partial charge >= 0.3 is 0 Å². The summed E-state index contributed by atoms with van der Waals surface area (Å²) in [5.74, 6) is 2.42. The maximum Gasteiger partial charge on any atom is 0.214 e. The van der Waals surface area contributed by atoms with Crippen molar-refractivity contribution in [1.29, 1.82) is 0 Å². The fourth-order valence-corrected chi connectivity index (χ4v) is 3.39. The summed E-state index contributed by atoms with van der Waals surface area (Å²) in [4.78, 5) is 0. The number of para-hydroxylation sites is 1. The third-order valence-corrected chi connectivity index (χ3v) is 4.89. The summed E-state index contributed by atoms with van der Waals surface area (Å²) >= 11 is 1.62. The lowest BCUT2D eigenvalue weighted by Gasteiger charge is -2.12. The Morgan fingerprint density at radius 2 is 1.96 bits per heavy atom. The van der Waals surface area contributed by atoms with Gasteiger partial charge in [-0.2, -0.15) is 4.68 Å². The summed E-state index contributed by atoms with van der Waals surface area (Å²) in [6.07, 6.45) is 0.970. The highest BCUT2D eigenvalue weighted by Gasteiger charge is 2.08. The molecule has 0 unspecified atom stereocenters. The zero-order chi connectivity index (χ0) is 19.6.